The van der Waals surface area contributed by atoms with E-state index in [1.165, 1.54) is 6.07 Å². The second-order valence-electron chi connectivity index (χ2n) is 4.72. The summed E-state index contributed by atoms with van der Waals surface area (Å²) in [6.45, 7) is 2.31. The van der Waals surface area contributed by atoms with E-state index < -0.39 is 6.10 Å². The van der Waals surface area contributed by atoms with E-state index in [-0.39, 0.29) is 11.9 Å². The first-order valence-electron chi connectivity index (χ1n) is 6.49. The highest BCUT2D eigenvalue weighted by Crippen LogP contribution is 2.20. The highest BCUT2D eigenvalue weighted by molar-refractivity contribution is 9.10. The maximum atomic E-state index is 13.5. The van der Waals surface area contributed by atoms with E-state index in [0.717, 1.165) is 10.0 Å². The number of nitrogens with one attached hydrogen (secondary N) is 1. The van der Waals surface area contributed by atoms with Gasteiger partial charge in [-0.15, -0.1) is 0 Å². The van der Waals surface area contributed by atoms with Crippen LogP contribution in [0.4, 0.5) is 4.39 Å². The lowest BCUT2D eigenvalue weighted by Crippen LogP contribution is -2.25. The summed E-state index contributed by atoms with van der Waals surface area (Å²) in [6.07, 6.45) is -0.856. The smallest absolute Gasteiger partial charge is 0.129 e. The van der Waals surface area contributed by atoms with Gasteiger partial charge < -0.3 is 10.4 Å². The fourth-order valence-corrected chi connectivity index (χ4v) is 2.45. The molecular weight excluding hydrogens is 321 g/mol. The van der Waals surface area contributed by atoms with Gasteiger partial charge in [0.15, 0.2) is 0 Å². The molecule has 2 nitrogen and oxygen atoms in total. The standard InChI is InChI=1S/C16H17BrFNO/c1-11(12-5-4-6-13(17)9-12)19-10-16(20)14-7-2-3-8-15(14)18/h2-9,11,16,19-20H,10H2,1H3. The van der Waals surface area contributed by atoms with Crippen molar-refractivity contribution in [3.05, 3.63) is 69.9 Å². The van der Waals surface area contributed by atoms with Crippen molar-refractivity contribution in [3.8, 4) is 0 Å². The minimum atomic E-state index is -0.856. The van der Waals surface area contributed by atoms with Gasteiger partial charge >= 0.3 is 0 Å². The lowest BCUT2D eigenvalue weighted by Gasteiger charge is -2.18. The van der Waals surface area contributed by atoms with Gasteiger partial charge in [0.25, 0.3) is 0 Å². The molecule has 0 saturated carbocycles. The Labute approximate surface area is 126 Å². The first-order chi connectivity index (χ1) is 9.58. The molecule has 0 bridgehead atoms. The summed E-state index contributed by atoms with van der Waals surface area (Å²) < 4.78 is 14.6. The van der Waals surface area contributed by atoms with E-state index in [0.29, 0.717) is 12.1 Å². The molecule has 2 unspecified atom stereocenters. The van der Waals surface area contributed by atoms with Crippen molar-refractivity contribution in [2.75, 3.05) is 6.54 Å². The summed E-state index contributed by atoms with van der Waals surface area (Å²) in [5, 5.41) is 13.3. The van der Waals surface area contributed by atoms with Crippen LogP contribution in [0, 0.1) is 5.82 Å². The normalized spacial score (nSPS) is 14.0. The maximum absolute atomic E-state index is 13.5. The van der Waals surface area contributed by atoms with Crippen molar-refractivity contribution < 1.29 is 9.50 Å². The summed E-state index contributed by atoms with van der Waals surface area (Å²) in [5.74, 6) is -0.378. The van der Waals surface area contributed by atoms with E-state index in [4.69, 9.17) is 0 Å². The zero-order valence-corrected chi connectivity index (χ0v) is 12.8. The van der Waals surface area contributed by atoms with Crippen molar-refractivity contribution in [3.63, 3.8) is 0 Å². The average Bonchev–Trinajstić information content (AvgIpc) is 2.45. The predicted molar refractivity (Wildman–Crippen MR) is 81.9 cm³/mol. The molecule has 0 aliphatic rings. The average molecular weight is 338 g/mol. The molecule has 2 rings (SSSR count). The van der Waals surface area contributed by atoms with Gasteiger partial charge in [-0.25, -0.2) is 4.39 Å². The van der Waals surface area contributed by atoms with E-state index >= 15 is 0 Å². The first-order valence-corrected chi connectivity index (χ1v) is 7.28. The van der Waals surface area contributed by atoms with Gasteiger partial charge in [0.2, 0.25) is 0 Å². The fourth-order valence-electron chi connectivity index (χ4n) is 2.04. The Kier molecular flexibility index (Phi) is 5.29. The van der Waals surface area contributed by atoms with Crippen LogP contribution < -0.4 is 5.32 Å². The quantitative estimate of drug-likeness (QED) is 0.865. The highest BCUT2D eigenvalue weighted by Gasteiger charge is 2.13. The van der Waals surface area contributed by atoms with E-state index in [1.54, 1.807) is 18.2 Å². The Balaban J connectivity index is 1.97. The Morgan fingerprint density at radius 2 is 1.95 bits per heavy atom. The van der Waals surface area contributed by atoms with Crippen LogP contribution in [0.1, 0.15) is 30.2 Å². The number of hydrogen-bond donors (Lipinski definition) is 2. The van der Waals surface area contributed by atoms with Crippen LogP contribution >= 0.6 is 15.9 Å². The van der Waals surface area contributed by atoms with Gasteiger partial charge in [-0.1, -0.05) is 46.3 Å². The van der Waals surface area contributed by atoms with Crippen LogP contribution in [0.3, 0.4) is 0 Å². The number of aliphatic hydroxyl groups excluding tert-OH is 1. The topological polar surface area (TPSA) is 32.3 Å². The summed E-state index contributed by atoms with van der Waals surface area (Å²) in [6, 6.07) is 14.3. The van der Waals surface area contributed by atoms with Gasteiger partial charge in [-0.2, -0.15) is 0 Å². The summed E-state index contributed by atoms with van der Waals surface area (Å²) in [5.41, 5.74) is 1.43. The molecule has 0 aliphatic heterocycles. The second kappa shape index (κ2) is 6.97. The largest absolute Gasteiger partial charge is 0.387 e. The van der Waals surface area contributed by atoms with Crippen molar-refractivity contribution in [2.24, 2.45) is 0 Å². The highest BCUT2D eigenvalue weighted by atomic mass is 79.9. The van der Waals surface area contributed by atoms with E-state index in [2.05, 4.69) is 21.2 Å². The van der Waals surface area contributed by atoms with Crippen molar-refractivity contribution in [1.29, 1.82) is 0 Å². The van der Waals surface area contributed by atoms with Crippen LogP contribution in [-0.4, -0.2) is 11.7 Å². The monoisotopic (exact) mass is 337 g/mol. The molecule has 0 amide bonds. The van der Waals surface area contributed by atoms with Crippen LogP contribution in [0.2, 0.25) is 0 Å². The molecule has 2 atom stereocenters. The van der Waals surface area contributed by atoms with Crippen molar-refractivity contribution in [2.45, 2.75) is 19.1 Å². The van der Waals surface area contributed by atoms with E-state index in [9.17, 15) is 9.50 Å². The number of rotatable bonds is 5. The molecule has 106 valence electrons. The van der Waals surface area contributed by atoms with Crippen LogP contribution in [0.25, 0.3) is 0 Å². The van der Waals surface area contributed by atoms with Crippen molar-refractivity contribution in [1.82, 2.24) is 5.32 Å². The zero-order valence-electron chi connectivity index (χ0n) is 11.2. The molecule has 0 heterocycles. The summed E-state index contributed by atoms with van der Waals surface area (Å²) in [4.78, 5) is 0. The lowest BCUT2D eigenvalue weighted by atomic mass is 10.1. The second-order valence-corrected chi connectivity index (χ2v) is 5.64. The lowest BCUT2D eigenvalue weighted by molar-refractivity contribution is 0.166. The number of aliphatic hydroxyl groups is 1. The molecule has 4 heteroatoms. The molecule has 0 aromatic heterocycles. The molecule has 0 aliphatic carbocycles. The molecular formula is C16H17BrFNO. The Bertz CT molecular complexity index is 576. The fraction of sp³-hybridized carbons (Fsp3) is 0.250. The Morgan fingerprint density at radius 1 is 1.20 bits per heavy atom. The first kappa shape index (κ1) is 15.2. The molecule has 0 saturated heterocycles. The van der Waals surface area contributed by atoms with Gasteiger partial charge in [0.05, 0.1) is 6.10 Å². The third-order valence-electron chi connectivity index (χ3n) is 3.23. The number of hydrogen-bond acceptors (Lipinski definition) is 2. The van der Waals surface area contributed by atoms with Crippen molar-refractivity contribution >= 4 is 15.9 Å². The molecule has 2 aromatic carbocycles. The van der Waals surface area contributed by atoms with Crippen LogP contribution in [-0.2, 0) is 0 Å². The zero-order chi connectivity index (χ0) is 14.5. The summed E-state index contributed by atoms with van der Waals surface area (Å²) in [7, 11) is 0. The number of benzene rings is 2. The Morgan fingerprint density at radius 3 is 2.65 bits per heavy atom. The predicted octanol–water partition coefficient (Wildman–Crippen LogP) is 3.97. The third-order valence-corrected chi connectivity index (χ3v) is 3.72. The minimum Gasteiger partial charge on any atom is -0.387 e. The van der Waals surface area contributed by atoms with Gasteiger partial charge in [0, 0.05) is 22.6 Å². The van der Waals surface area contributed by atoms with Gasteiger partial charge in [0.1, 0.15) is 5.82 Å². The number of halogens is 2. The van der Waals surface area contributed by atoms with Crippen LogP contribution in [0.5, 0.6) is 0 Å². The molecule has 2 aromatic rings. The molecule has 20 heavy (non-hydrogen) atoms. The minimum absolute atomic E-state index is 0.0777. The summed E-state index contributed by atoms with van der Waals surface area (Å²) >= 11 is 3.43. The third kappa shape index (κ3) is 3.88. The molecule has 0 radical (unpaired) electrons. The maximum Gasteiger partial charge on any atom is 0.129 e. The van der Waals surface area contributed by atoms with E-state index in [1.807, 2.05) is 31.2 Å². The molecule has 0 spiro atoms. The van der Waals surface area contributed by atoms with Gasteiger partial charge in [-0.05, 0) is 30.7 Å². The Hall–Kier alpha value is -1.23. The molecule has 0 fully saturated rings. The van der Waals surface area contributed by atoms with Gasteiger partial charge in [-0.3, -0.25) is 0 Å². The van der Waals surface area contributed by atoms with Crippen LogP contribution in [0.15, 0.2) is 53.0 Å². The molecule has 2 N–H and O–H groups in total. The SMILES string of the molecule is CC(NCC(O)c1ccccc1F)c1cccc(Br)c1.